The molecule has 0 fully saturated rings. The van der Waals surface area contributed by atoms with Crippen LogP contribution in [-0.2, 0) is 13.2 Å². The summed E-state index contributed by atoms with van der Waals surface area (Å²) in [6.07, 6.45) is 8.79. The van der Waals surface area contributed by atoms with Gasteiger partial charge in [-0.2, -0.15) is 10.2 Å². The molecule has 0 spiro atoms. The van der Waals surface area contributed by atoms with Crippen LogP contribution in [0.3, 0.4) is 0 Å². The number of hydrogen-bond donors (Lipinski definition) is 0. The molecule has 0 aliphatic heterocycles. The number of fused-ring (bicyclic) bond motifs is 1. The van der Waals surface area contributed by atoms with E-state index in [2.05, 4.69) is 43.1 Å². The molecule has 32 heavy (non-hydrogen) atoms. The fourth-order valence-electron chi connectivity index (χ4n) is 3.30. The first-order valence-electron chi connectivity index (χ1n) is 9.89. The van der Waals surface area contributed by atoms with E-state index in [4.69, 9.17) is 4.74 Å². The maximum atomic E-state index is 9.78. The van der Waals surface area contributed by atoms with Crippen LogP contribution < -0.4 is 4.74 Å². The maximum absolute atomic E-state index is 9.78. The zero-order chi connectivity index (χ0) is 21.8. The molecule has 1 aromatic carbocycles. The highest BCUT2D eigenvalue weighted by atomic mass is 32.1. The van der Waals surface area contributed by atoms with Crippen LogP contribution in [0.15, 0.2) is 73.6 Å². The Morgan fingerprint density at radius 1 is 1.03 bits per heavy atom. The summed E-state index contributed by atoms with van der Waals surface area (Å²) >= 11 is 1.39. The predicted molar refractivity (Wildman–Crippen MR) is 119 cm³/mol. The predicted octanol–water partition coefficient (Wildman–Crippen LogP) is 3.96. The van der Waals surface area contributed by atoms with Crippen LogP contribution in [0.2, 0.25) is 0 Å². The number of pyridine rings is 1. The third kappa shape index (κ3) is 4.31. The number of nitrogens with zero attached hydrogens (tertiary/aromatic N) is 7. The highest BCUT2D eigenvalue weighted by Gasteiger charge is 2.21. The number of aromatic nitrogens is 6. The Morgan fingerprint density at radius 3 is 2.81 bits per heavy atom. The average molecular weight is 440 g/mol. The number of benzene rings is 1. The number of nitriles is 1. The van der Waals surface area contributed by atoms with Crippen molar-refractivity contribution in [2.45, 2.75) is 19.1 Å². The highest BCUT2D eigenvalue weighted by Crippen LogP contribution is 2.30. The molecule has 0 radical (unpaired) electrons. The van der Waals surface area contributed by atoms with Gasteiger partial charge in [0, 0.05) is 31.3 Å². The van der Waals surface area contributed by atoms with E-state index >= 15 is 0 Å². The Bertz CT molecular complexity index is 1360. The fourth-order valence-corrected chi connectivity index (χ4v) is 4.26. The second-order valence-corrected chi connectivity index (χ2v) is 8.06. The molecule has 0 N–H and O–H groups in total. The number of imidazole rings is 1. The molecule has 156 valence electrons. The summed E-state index contributed by atoms with van der Waals surface area (Å²) in [4.78, 5) is 22.4. The van der Waals surface area contributed by atoms with Gasteiger partial charge in [0.15, 0.2) is 0 Å². The van der Waals surface area contributed by atoms with Crippen LogP contribution in [0.5, 0.6) is 6.01 Å². The number of ether oxygens (including phenoxy) is 1. The molecule has 8 nitrogen and oxygen atoms in total. The molecule has 1 unspecified atom stereocenters. The molecule has 0 saturated heterocycles. The molecule has 0 saturated carbocycles. The minimum absolute atomic E-state index is 0.224. The van der Waals surface area contributed by atoms with Crippen molar-refractivity contribution >= 4 is 21.7 Å². The van der Waals surface area contributed by atoms with Crippen LogP contribution in [0.4, 0.5) is 0 Å². The summed E-state index contributed by atoms with van der Waals surface area (Å²) in [5.74, 6) is -0.613. The molecular weight excluding hydrogens is 422 g/mol. The third-order valence-electron chi connectivity index (χ3n) is 4.79. The summed E-state index contributed by atoms with van der Waals surface area (Å²) in [7, 11) is 0. The van der Waals surface area contributed by atoms with Crippen molar-refractivity contribution in [1.82, 2.24) is 29.5 Å². The Labute approximate surface area is 187 Å². The van der Waals surface area contributed by atoms with Crippen LogP contribution in [0.1, 0.15) is 27.7 Å². The van der Waals surface area contributed by atoms with E-state index in [1.807, 2.05) is 35.0 Å². The van der Waals surface area contributed by atoms with Gasteiger partial charge in [0.1, 0.15) is 27.9 Å². The highest BCUT2D eigenvalue weighted by molar-refractivity contribution is 7.18. The minimum Gasteiger partial charge on any atom is -0.459 e. The van der Waals surface area contributed by atoms with Gasteiger partial charge in [0.25, 0.3) is 0 Å². The van der Waals surface area contributed by atoms with Crippen molar-refractivity contribution in [1.29, 1.82) is 5.26 Å². The molecule has 5 aromatic rings. The lowest BCUT2D eigenvalue weighted by molar-refractivity contribution is 0.279. The number of rotatable bonds is 7. The Hall–Kier alpha value is -4.16. The van der Waals surface area contributed by atoms with Gasteiger partial charge in [-0.05, 0) is 29.3 Å². The molecule has 9 heteroatoms. The van der Waals surface area contributed by atoms with Gasteiger partial charge in [-0.3, -0.25) is 0 Å². The summed E-state index contributed by atoms with van der Waals surface area (Å²) in [6, 6.07) is 16.1. The summed E-state index contributed by atoms with van der Waals surface area (Å²) in [6.45, 7) is 1.06. The van der Waals surface area contributed by atoms with Gasteiger partial charge < -0.3 is 9.30 Å². The molecular formula is C23H17N7OS. The van der Waals surface area contributed by atoms with Crippen molar-refractivity contribution in [3.8, 4) is 12.1 Å². The van der Waals surface area contributed by atoms with Gasteiger partial charge in [0.05, 0.1) is 18.1 Å². The molecule has 4 aromatic heterocycles. The lowest BCUT2D eigenvalue weighted by atomic mass is 10.1. The molecule has 0 amide bonds. The van der Waals surface area contributed by atoms with Gasteiger partial charge >= 0.3 is 6.01 Å². The zero-order valence-corrected chi connectivity index (χ0v) is 17.7. The second-order valence-electron chi connectivity index (χ2n) is 7.05. The van der Waals surface area contributed by atoms with E-state index in [1.54, 1.807) is 31.0 Å². The first kappa shape index (κ1) is 19.8. The number of hydrogen-bond acceptors (Lipinski definition) is 8. The summed E-state index contributed by atoms with van der Waals surface area (Å²) in [5, 5.41) is 10.4. The summed E-state index contributed by atoms with van der Waals surface area (Å²) < 4.78 is 7.84. The Balaban J connectivity index is 1.31. The molecule has 0 aliphatic rings. The molecule has 0 bridgehead atoms. The lowest BCUT2D eigenvalue weighted by Gasteiger charge is -2.09. The van der Waals surface area contributed by atoms with E-state index in [0.29, 0.717) is 17.3 Å². The largest absolute Gasteiger partial charge is 0.459 e. The summed E-state index contributed by atoms with van der Waals surface area (Å²) in [5.41, 5.74) is 3.47. The van der Waals surface area contributed by atoms with Crippen LogP contribution >= 0.6 is 11.3 Å². The maximum Gasteiger partial charge on any atom is 0.316 e. The van der Waals surface area contributed by atoms with Gasteiger partial charge in [-0.1, -0.05) is 35.6 Å². The Kier molecular flexibility index (Phi) is 5.51. The average Bonchev–Trinajstić information content (AvgIpc) is 3.48. The standard InChI is InChI=1S/C23H17N7OS/c24-12-18(21-28-20-5-2-7-26-22(20)32-21)19-6-8-27-23(29-19)31-14-17-4-1-3-16(11-17)13-30-10-9-25-15-30/h1-11,15,18H,13-14H2. The van der Waals surface area contributed by atoms with E-state index in [0.717, 1.165) is 28.0 Å². The van der Waals surface area contributed by atoms with E-state index < -0.39 is 5.92 Å². The Morgan fingerprint density at radius 2 is 1.97 bits per heavy atom. The molecule has 0 aliphatic carbocycles. The first-order valence-corrected chi connectivity index (χ1v) is 10.7. The molecule has 5 rings (SSSR count). The van der Waals surface area contributed by atoms with Crippen molar-refractivity contribution < 1.29 is 4.74 Å². The second kappa shape index (κ2) is 8.91. The van der Waals surface area contributed by atoms with Crippen LogP contribution in [-0.4, -0.2) is 29.5 Å². The molecule has 4 heterocycles. The van der Waals surface area contributed by atoms with Crippen molar-refractivity contribution in [3.05, 3.63) is 95.4 Å². The van der Waals surface area contributed by atoms with Crippen molar-refractivity contribution in [2.24, 2.45) is 0 Å². The van der Waals surface area contributed by atoms with Crippen molar-refractivity contribution in [3.63, 3.8) is 0 Å². The monoisotopic (exact) mass is 439 g/mol. The normalized spacial score (nSPS) is 11.8. The lowest BCUT2D eigenvalue weighted by Crippen LogP contribution is -2.05. The van der Waals surface area contributed by atoms with Crippen molar-refractivity contribution in [2.75, 3.05) is 0 Å². The quantitative estimate of drug-likeness (QED) is 0.378. The minimum atomic E-state index is -0.613. The van der Waals surface area contributed by atoms with E-state index in [-0.39, 0.29) is 6.01 Å². The SMILES string of the molecule is N#CC(c1ccnc(OCc2cccc(Cn3ccnc3)c2)n1)c1nc2cccnc2s1. The van der Waals surface area contributed by atoms with Gasteiger partial charge in [-0.15, -0.1) is 0 Å². The van der Waals surface area contributed by atoms with Crippen LogP contribution in [0.25, 0.3) is 10.3 Å². The number of thiazole rings is 1. The zero-order valence-electron chi connectivity index (χ0n) is 16.9. The third-order valence-corrected chi connectivity index (χ3v) is 5.84. The first-order chi connectivity index (χ1) is 15.8. The van der Waals surface area contributed by atoms with Gasteiger partial charge in [-0.25, -0.2) is 19.9 Å². The topological polar surface area (TPSA) is 102 Å². The molecule has 1 atom stereocenters. The van der Waals surface area contributed by atoms with Crippen LogP contribution in [0, 0.1) is 11.3 Å². The fraction of sp³-hybridized carbons (Fsp3) is 0.130. The van der Waals surface area contributed by atoms with E-state index in [9.17, 15) is 5.26 Å². The van der Waals surface area contributed by atoms with Gasteiger partial charge in [0.2, 0.25) is 0 Å². The van der Waals surface area contributed by atoms with E-state index in [1.165, 1.54) is 11.3 Å². The smallest absolute Gasteiger partial charge is 0.316 e.